The molecule has 3 heterocycles. The zero-order chi connectivity index (χ0) is 16.1. The number of hydrogen-bond acceptors (Lipinski definition) is 3. The first-order valence-corrected chi connectivity index (χ1v) is 8.50. The maximum absolute atomic E-state index is 5.55. The van der Waals surface area contributed by atoms with Crippen molar-refractivity contribution in [3.05, 3.63) is 48.2 Å². The molecular formula is C19H26ClN3O. The van der Waals surface area contributed by atoms with Crippen molar-refractivity contribution in [3.8, 4) is 11.3 Å². The molecule has 0 bridgehead atoms. The summed E-state index contributed by atoms with van der Waals surface area (Å²) in [6.45, 7) is 2.90. The van der Waals surface area contributed by atoms with Crippen LogP contribution in [0.3, 0.4) is 0 Å². The molecule has 24 heavy (non-hydrogen) atoms. The molecule has 0 unspecified atom stereocenters. The Morgan fingerprint density at radius 2 is 1.92 bits per heavy atom. The summed E-state index contributed by atoms with van der Waals surface area (Å²) >= 11 is 0. The van der Waals surface area contributed by atoms with Gasteiger partial charge in [0.1, 0.15) is 5.65 Å². The van der Waals surface area contributed by atoms with Crippen LogP contribution in [0.5, 0.6) is 0 Å². The first-order valence-electron chi connectivity index (χ1n) is 8.50. The number of aromatic nitrogens is 2. The highest BCUT2D eigenvalue weighted by atomic mass is 35.5. The number of nitrogens with two attached hydrogens (primary N) is 1. The van der Waals surface area contributed by atoms with E-state index >= 15 is 0 Å². The number of aryl methyl sites for hydroxylation is 2. The van der Waals surface area contributed by atoms with Gasteiger partial charge in [-0.15, -0.1) is 12.4 Å². The number of halogens is 1. The lowest BCUT2D eigenvalue weighted by molar-refractivity contribution is 0.568. The van der Waals surface area contributed by atoms with Crippen molar-refractivity contribution in [2.75, 3.05) is 6.54 Å². The van der Waals surface area contributed by atoms with Crippen molar-refractivity contribution >= 4 is 18.1 Å². The molecule has 0 aliphatic rings. The Labute approximate surface area is 149 Å². The molecule has 0 amide bonds. The summed E-state index contributed by atoms with van der Waals surface area (Å²) in [4.78, 5) is 4.83. The molecule has 4 nitrogen and oxygen atoms in total. The van der Waals surface area contributed by atoms with E-state index in [1.54, 1.807) is 12.5 Å². The van der Waals surface area contributed by atoms with Gasteiger partial charge in [0.2, 0.25) is 0 Å². The van der Waals surface area contributed by atoms with E-state index in [-0.39, 0.29) is 12.4 Å². The normalized spacial score (nSPS) is 10.9. The van der Waals surface area contributed by atoms with Crippen LogP contribution < -0.4 is 5.73 Å². The molecule has 0 fully saturated rings. The number of hydrogen-bond donors (Lipinski definition) is 1. The van der Waals surface area contributed by atoms with Crippen LogP contribution in [0.1, 0.15) is 43.4 Å². The molecule has 0 saturated heterocycles. The lowest BCUT2D eigenvalue weighted by Crippen LogP contribution is -1.98. The second-order valence-electron chi connectivity index (χ2n) is 6.16. The minimum atomic E-state index is 0. The average molecular weight is 348 g/mol. The quantitative estimate of drug-likeness (QED) is 0.597. The molecule has 3 rings (SSSR count). The fourth-order valence-electron chi connectivity index (χ4n) is 3.03. The number of imidazole rings is 1. The van der Waals surface area contributed by atoms with Gasteiger partial charge >= 0.3 is 0 Å². The van der Waals surface area contributed by atoms with E-state index in [0.29, 0.717) is 0 Å². The van der Waals surface area contributed by atoms with E-state index in [4.69, 9.17) is 15.1 Å². The van der Waals surface area contributed by atoms with Gasteiger partial charge in [-0.25, -0.2) is 4.98 Å². The SMILES string of the molecule is Cc1ccn2c(CCCCCCCN)c(-c3ccoc3)nc2c1.Cl. The van der Waals surface area contributed by atoms with Gasteiger partial charge in [0.25, 0.3) is 0 Å². The lowest BCUT2D eigenvalue weighted by atomic mass is 10.1. The molecule has 3 aromatic heterocycles. The van der Waals surface area contributed by atoms with Crippen LogP contribution in [0, 0.1) is 6.92 Å². The topological polar surface area (TPSA) is 56.5 Å². The minimum absolute atomic E-state index is 0. The Morgan fingerprint density at radius 1 is 1.12 bits per heavy atom. The fraction of sp³-hybridized carbons (Fsp3) is 0.421. The van der Waals surface area contributed by atoms with E-state index in [1.165, 1.54) is 36.9 Å². The highest BCUT2D eigenvalue weighted by Crippen LogP contribution is 2.27. The van der Waals surface area contributed by atoms with Crippen molar-refractivity contribution in [3.63, 3.8) is 0 Å². The van der Waals surface area contributed by atoms with Crippen LogP contribution in [0.15, 0.2) is 41.3 Å². The molecule has 0 aliphatic carbocycles. The lowest BCUT2D eigenvalue weighted by Gasteiger charge is -2.05. The van der Waals surface area contributed by atoms with Crippen LogP contribution in [-0.4, -0.2) is 15.9 Å². The summed E-state index contributed by atoms with van der Waals surface area (Å²) in [6, 6.07) is 6.26. The molecule has 0 aliphatic heterocycles. The fourth-order valence-corrected chi connectivity index (χ4v) is 3.03. The molecule has 0 radical (unpaired) electrons. The van der Waals surface area contributed by atoms with Gasteiger partial charge in [-0.05, 0) is 56.5 Å². The molecule has 0 spiro atoms. The molecular weight excluding hydrogens is 322 g/mol. The van der Waals surface area contributed by atoms with E-state index in [2.05, 4.69) is 29.7 Å². The molecule has 0 aromatic carbocycles. The highest BCUT2D eigenvalue weighted by molar-refractivity contribution is 5.85. The smallest absolute Gasteiger partial charge is 0.137 e. The molecule has 0 atom stereocenters. The predicted octanol–water partition coefficient (Wildman–Crippen LogP) is 4.78. The molecule has 0 saturated carbocycles. The Morgan fingerprint density at radius 3 is 2.67 bits per heavy atom. The second-order valence-corrected chi connectivity index (χ2v) is 6.16. The summed E-state index contributed by atoms with van der Waals surface area (Å²) in [5.74, 6) is 0. The van der Waals surface area contributed by atoms with Crippen molar-refractivity contribution in [1.29, 1.82) is 0 Å². The van der Waals surface area contributed by atoms with Crippen LogP contribution >= 0.6 is 12.4 Å². The average Bonchev–Trinajstić information content (AvgIpc) is 3.18. The second kappa shape index (κ2) is 8.90. The number of unbranched alkanes of at least 4 members (excludes halogenated alkanes) is 4. The Balaban J connectivity index is 0.00000208. The van der Waals surface area contributed by atoms with Crippen LogP contribution in [0.4, 0.5) is 0 Å². The van der Waals surface area contributed by atoms with Gasteiger partial charge in [0, 0.05) is 11.8 Å². The third kappa shape index (κ3) is 4.19. The van der Waals surface area contributed by atoms with Crippen molar-refractivity contribution in [2.45, 2.75) is 45.4 Å². The predicted molar refractivity (Wildman–Crippen MR) is 101 cm³/mol. The van der Waals surface area contributed by atoms with Crippen molar-refractivity contribution < 1.29 is 4.42 Å². The van der Waals surface area contributed by atoms with Crippen LogP contribution in [-0.2, 0) is 6.42 Å². The number of fused-ring (bicyclic) bond motifs is 1. The highest BCUT2D eigenvalue weighted by Gasteiger charge is 2.14. The summed E-state index contributed by atoms with van der Waals surface area (Å²) in [6.07, 6.45) is 12.7. The first kappa shape index (κ1) is 18.6. The number of nitrogens with zero attached hydrogens (tertiary/aromatic N) is 2. The Kier molecular flexibility index (Phi) is 6.88. The summed E-state index contributed by atoms with van der Waals surface area (Å²) in [5, 5.41) is 0. The van der Waals surface area contributed by atoms with E-state index in [0.717, 1.165) is 36.3 Å². The number of pyridine rings is 1. The van der Waals surface area contributed by atoms with Gasteiger partial charge in [-0.1, -0.05) is 19.3 Å². The third-order valence-electron chi connectivity index (χ3n) is 4.29. The van der Waals surface area contributed by atoms with Gasteiger partial charge in [0.15, 0.2) is 0 Å². The monoisotopic (exact) mass is 347 g/mol. The summed E-state index contributed by atoms with van der Waals surface area (Å²) < 4.78 is 7.47. The van der Waals surface area contributed by atoms with Gasteiger partial charge in [-0.3, -0.25) is 0 Å². The molecule has 5 heteroatoms. The van der Waals surface area contributed by atoms with Crippen molar-refractivity contribution in [1.82, 2.24) is 9.38 Å². The molecule has 2 N–H and O–H groups in total. The molecule has 3 aromatic rings. The minimum Gasteiger partial charge on any atom is -0.472 e. The van der Waals surface area contributed by atoms with E-state index in [1.807, 2.05) is 6.07 Å². The standard InChI is InChI=1S/C19H25N3O.ClH/c1-15-8-11-22-17(7-5-3-2-4-6-10-20)19(21-18(22)13-15)16-9-12-23-14-16;/h8-9,11-14H,2-7,10,20H2,1H3;1H. The maximum Gasteiger partial charge on any atom is 0.137 e. The maximum atomic E-state index is 5.55. The zero-order valence-corrected chi connectivity index (χ0v) is 15.0. The largest absolute Gasteiger partial charge is 0.472 e. The van der Waals surface area contributed by atoms with Crippen LogP contribution in [0.2, 0.25) is 0 Å². The van der Waals surface area contributed by atoms with Gasteiger partial charge < -0.3 is 14.6 Å². The number of furan rings is 1. The molecule has 130 valence electrons. The number of rotatable bonds is 8. The van der Waals surface area contributed by atoms with Crippen molar-refractivity contribution in [2.24, 2.45) is 5.73 Å². The Hall–Kier alpha value is -1.78. The van der Waals surface area contributed by atoms with Gasteiger partial charge in [-0.2, -0.15) is 0 Å². The van der Waals surface area contributed by atoms with Crippen LogP contribution in [0.25, 0.3) is 16.9 Å². The Bertz CT molecular complexity index is 749. The third-order valence-corrected chi connectivity index (χ3v) is 4.29. The van der Waals surface area contributed by atoms with Gasteiger partial charge in [0.05, 0.1) is 23.9 Å². The van der Waals surface area contributed by atoms with E-state index < -0.39 is 0 Å². The first-order chi connectivity index (χ1) is 11.3. The zero-order valence-electron chi connectivity index (χ0n) is 14.2. The van der Waals surface area contributed by atoms with E-state index in [9.17, 15) is 0 Å². The summed E-state index contributed by atoms with van der Waals surface area (Å²) in [5.41, 5.74) is 11.2. The summed E-state index contributed by atoms with van der Waals surface area (Å²) in [7, 11) is 0.